The number of unbranched alkanes of at least 4 members (excludes halogenated alkanes) is 11. The van der Waals surface area contributed by atoms with Gasteiger partial charge in [0.2, 0.25) is 5.91 Å². The number of carbonyl (C=O) groups excluding carboxylic acids is 1. The number of amides is 1. The zero-order valence-corrected chi connectivity index (χ0v) is 19.3. The van der Waals surface area contributed by atoms with Crippen molar-refractivity contribution in [2.45, 2.75) is 117 Å². The molecular formula is C27H45NO. The lowest BCUT2D eigenvalue weighted by molar-refractivity contribution is -0.116. The fourth-order valence-corrected chi connectivity index (χ4v) is 3.68. The third-order valence-corrected chi connectivity index (χ3v) is 5.52. The van der Waals surface area contributed by atoms with Crippen molar-refractivity contribution in [3.8, 4) is 0 Å². The van der Waals surface area contributed by atoms with Crippen LogP contribution in [0.1, 0.15) is 122 Å². The fraction of sp³-hybridized carbons (Fsp3) is 0.667. The smallest absolute Gasteiger partial charge is 0.224 e. The van der Waals surface area contributed by atoms with Gasteiger partial charge in [0.05, 0.1) is 0 Å². The van der Waals surface area contributed by atoms with Gasteiger partial charge in [0.15, 0.2) is 0 Å². The molecule has 0 bridgehead atoms. The molecule has 0 aromatic heterocycles. The van der Waals surface area contributed by atoms with Crippen LogP contribution in [0, 0.1) is 0 Å². The van der Waals surface area contributed by atoms with Crippen LogP contribution in [0.2, 0.25) is 0 Å². The molecule has 1 amide bonds. The molecular weight excluding hydrogens is 354 g/mol. The zero-order chi connectivity index (χ0) is 21.2. The van der Waals surface area contributed by atoms with Gasteiger partial charge in [0.25, 0.3) is 0 Å². The molecule has 0 aliphatic heterocycles. The van der Waals surface area contributed by atoms with Gasteiger partial charge < -0.3 is 5.32 Å². The standard InChI is InChI=1S/C27H45NO/c1-4-5-6-7-8-9-10-11-12-13-14-15-16-17-18-23-27(29)28-26-22-20-19-21-25(26)24(2)3/h11-12,19-22,24H,4-10,13-18,23H2,1-3H3,(H,28,29)/b12-11-. The second-order valence-corrected chi connectivity index (χ2v) is 8.62. The first-order chi connectivity index (χ1) is 14.1. The molecule has 0 saturated carbocycles. The van der Waals surface area contributed by atoms with E-state index in [4.69, 9.17) is 0 Å². The molecule has 0 aliphatic rings. The molecule has 0 spiro atoms. The summed E-state index contributed by atoms with van der Waals surface area (Å²) in [5.74, 6) is 0.571. The zero-order valence-electron chi connectivity index (χ0n) is 19.3. The Bertz CT molecular complexity index is 561. The third kappa shape index (κ3) is 13.3. The van der Waals surface area contributed by atoms with E-state index < -0.39 is 0 Å². The number of rotatable bonds is 17. The summed E-state index contributed by atoms with van der Waals surface area (Å²) >= 11 is 0. The number of anilines is 1. The van der Waals surface area contributed by atoms with Crippen LogP contribution >= 0.6 is 0 Å². The third-order valence-electron chi connectivity index (χ3n) is 5.52. The fourth-order valence-electron chi connectivity index (χ4n) is 3.68. The minimum absolute atomic E-state index is 0.149. The summed E-state index contributed by atoms with van der Waals surface area (Å²) in [5.41, 5.74) is 2.19. The Hall–Kier alpha value is -1.57. The van der Waals surface area contributed by atoms with Gasteiger partial charge in [-0.15, -0.1) is 0 Å². The van der Waals surface area contributed by atoms with Crippen molar-refractivity contribution in [1.82, 2.24) is 0 Å². The summed E-state index contributed by atoms with van der Waals surface area (Å²) in [5, 5.41) is 3.09. The minimum atomic E-state index is 0.149. The molecule has 0 radical (unpaired) electrons. The van der Waals surface area contributed by atoms with E-state index >= 15 is 0 Å². The molecule has 29 heavy (non-hydrogen) atoms. The highest BCUT2D eigenvalue weighted by Crippen LogP contribution is 2.24. The van der Waals surface area contributed by atoms with Crippen molar-refractivity contribution in [2.75, 3.05) is 5.32 Å². The predicted octanol–water partition coefficient (Wildman–Crippen LogP) is 8.79. The summed E-state index contributed by atoms with van der Waals surface area (Å²) in [7, 11) is 0. The largest absolute Gasteiger partial charge is 0.326 e. The van der Waals surface area contributed by atoms with Crippen molar-refractivity contribution in [3.05, 3.63) is 42.0 Å². The van der Waals surface area contributed by atoms with E-state index in [0.29, 0.717) is 12.3 Å². The number of para-hydroxylation sites is 1. The van der Waals surface area contributed by atoms with Gasteiger partial charge in [-0.2, -0.15) is 0 Å². The molecule has 1 aromatic carbocycles. The van der Waals surface area contributed by atoms with Crippen LogP contribution in [0.5, 0.6) is 0 Å². The second kappa shape index (κ2) is 17.3. The van der Waals surface area contributed by atoms with Crippen LogP contribution in [-0.2, 0) is 4.79 Å². The number of nitrogens with one attached hydrogen (secondary N) is 1. The summed E-state index contributed by atoms with van der Waals surface area (Å²) in [6.45, 7) is 6.59. The Kier molecular flexibility index (Phi) is 15.2. The van der Waals surface area contributed by atoms with E-state index in [2.05, 4.69) is 44.3 Å². The first kappa shape index (κ1) is 25.5. The van der Waals surface area contributed by atoms with E-state index in [1.807, 2.05) is 18.2 Å². The van der Waals surface area contributed by atoms with Crippen molar-refractivity contribution in [3.63, 3.8) is 0 Å². The number of hydrogen-bond acceptors (Lipinski definition) is 1. The van der Waals surface area contributed by atoms with Crippen LogP contribution in [0.3, 0.4) is 0 Å². The highest BCUT2D eigenvalue weighted by molar-refractivity contribution is 5.91. The molecule has 0 heterocycles. The first-order valence-electron chi connectivity index (χ1n) is 12.2. The average molecular weight is 400 g/mol. The van der Waals surface area contributed by atoms with Gasteiger partial charge in [-0.3, -0.25) is 4.79 Å². The normalized spacial score (nSPS) is 11.4. The molecule has 0 unspecified atom stereocenters. The van der Waals surface area contributed by atoms with Crippen LogP contribution in [0.15, 0.2) is 36.4 Å². The molecule has 164 valence electrons. The summed E-state index contributed by atoms with van der Waals surface area (Å²) < 4.78 is 0. The van der Waals surface area contributed by atoms with Crippen molar-refractivity contribution in [1.29, 1.82) is 0 Å². The average Bonchev–Trinajstić information content (AvgIpc) is 2.71. The van der Waals surface area contributed by atoms with E-state index in [1.54, 1.807) is 0 Å². The van der Waals surface area contributed by atoms with E-state index in [9.17, 15) is 4.79 Å². The minimum Gasteiger partial charge on any atom is -0.326 e. The molecule has 1 aromatic rings. The topological polar surface area (TPSA) is 29.1 Å². The molecule has 0 fully saturated rings. The Morgan fingerprint density at radius 2 is 1.38 bits per heavy atom. The Labute approximate surface area is 180 Å². The predicted molar refractivity (Wildman–Crippen MR) is 129 cm³/mol. The van der Waals surface area contributed by atoms with Gasteiger partial charge in [-0.25, -0.2) is 0 Å². The van der Waals surface area contributed by atoms with Crippen molar-refractivity contribution in [2.24, 2.45) is 0 Å². The van der Waals surface area contributed by atoms with Crippen molar-refractivity contribution >= 4 is 11.6 Å². The number of benzene rings is 1. The van der Waals surface area contributed by atoms with E-state index in [-0.39, 0.29) is 5.91 Å². The van der Waals surface area contributed by atoms with Gasteiger partial charge in [0, 0.05) is 12.1 Å². The lowest BCUT2D eigenvalue weighted by Gasteiger charge is -2.13. The molecule has 1 N–H and O–H groups in total. The highest BCUT2D eigenvalue weighted by Gasteiger charge is 2.08. The quantitative estimate of drug-likeness (QED) is 0.206. The van der Waals surface area contributed by atoms with Gasteiger partial charge in [-0.05, 0) is 49.7 Å². The lowest BCUT2D eigenvalue weighted by Crippen LogP contribution is -2.13. The lowest BCUT2D eigenvalue weighted by atomic mass is 10.0. The SMILES string of the molecule is CCCCCCCC/C=C\CCCCCCCC(=O)Nc1ccccc1C(C)C. The maximum atomic E-state index is 12.2. The second-order valence-electron chi connectivity index (χ2n) is 8.62. The Balaban J connectivity index is 1.97. The van der Waals surface area contributed by atoms with Crippen molar-refractivity contribution < 1.29 is 4.79 Å². The summed E-state index contributed by atoms with van der Waals surface area (Å²) in [6, 6.07) is 8.13. The first-order valence-corrected chi connectivity index (χ1v) is 12.2. The number of allylic oxidation sites excluding steroid dienone is 2. The molecule has 0 atom stereocenters. The number of hydrogen-bond donors (Lipinski definition) is 1. The molecule has 2 nitrogen and oxygen atoms in total. The molecule has 2 heteroatoms. The maximum absolute atomic E-state index is 12.2. The monoisotopic (exact) mass is 399 g/mol. The van der Waals surface area contributed by atoms with E-state index in [1.165, 1.54) is 76.2 Å². The van der Waals surface area contributed by atoms with Crippen LogP contribution in [-0.4, -0.2) is 5.91 Å². The van der Waals surface area contributed by atoms with Gasteiger partial charge in [0.1, 0.15) is 0 Å². The van der Waals surface area contributed by atoms with Crippen LogP contribution in [0.25, 0.3) is 0 Å². The summed E-state index contributed by atoms with van der Waals surface area (Å²) in [4.78, 5) is 12.2. The molecule has 0 aliphatic carbocycles. The number of carbonyl (C=O) groups is 1. The van der Waals surface area contributed by atoms with Gasteiger partial charge in [-0.1, -0.05) is 102 Å². The Morgan fingerprint density at radius 1 is 0.828 bits per heavy atom. The Morgan fingerprint density at radius 3 is 2.00 bits per heavy atom. The summed E-state index contributed by atoms with van der Waals surface area (Å²) in [6.07, 6.45) is 22.1. The van der Waals surface area contributed by atoms with Gasteiger partial charge >= 0.3 is 0 Å². The highest BCUT2D eigenvalue weighted by atomic mass is 16.1. The van der Waals surface area contributed by atoms with E-state index in [0.717, 1.165) is 18.5 Å². The maximum Gasteiger partial charge on any atom is 0.224 e. The molecule has 1 rings (SSSR count). The molecule has 0 saturated heterocycles. The van der Waals surface area contributed by atoms with Crippen LogP contribution < -0.4 is 5.32 Å². The van der Waals surface area contributed by atoms with Crippen LogP contribution in [0.4, 0.5) is 5.69 Å².